The molecule has 20 heavy (non-hydrogen) atoms. The second-order valence-electron chi connectivity index (χ2n) is 6.32. The highest BCUT2D eigenvalue weighted by Gasteiger charge is 2.36. The van der Waals surface area contributed by atoms with Crippen molar-refractivity contribution in [3.63, 3.8) is 0 Å². The Hall–Kier alpha value is -1.60. The maximum absolute atomic E-state index is 11.0. The minimum atomic E-state index is -0.663. The van der Waals surface area contributed by atoms with Crippen LogP contribution in [-0.2, 0) is 31.3 Å². The average molecular weight is 264 g/mol. The highest BCUT2D eigenvalue weighted by molar-refractivity contribution is 5.41. The third-order valence-electron chi connectivity index (χ3n) is 4.99. The third-order valence-corrected chi connectivity index (χ3v) is 4.99. The lowest BCUT2D eigenvalue weighted by Crippen LogP contribution is -2.25. The summed E-state index contributed by atoms with van der Waals surface area (Å²) >= 11 is 0. The molecule has 1 unspecified atom stereocenters. The topological polar surface area (TPSA) is 20.2 Å². The van der Waals surface area contributed by atoms with Gasteiger partial charge in [0.15, 0.2) is 0 Å². The highest BCUT2D eigenvalue weighted by Crippen LogP contribution is 2.39. The van der Waals surface area contributed by atoms with Gasteiger partial charge in [-0.05, 0) is 59.9 Å². The first-order chi connectivity index (χ1) is 9.74. The second kappa shape index (κ2) is 4.46. The Bertz CT molecular complexity index is 659. The monoisotopic (exact) mass is 264 g/mol. The van der Waals surface area contributed by atoms with Gasteiger partial charge in [-0.2, -0.15) is 0 Å². The summed E-state index contributed by atoms with van der Waals surface area (Å²) in [7, 11) is 0. The van der Waals surface area contributed by atoms with E-state index in [1.807, 2.05) is 6.07 Å². The summed E-state index contributed by atoms with van der Waals surface area (Å²) < 4.78 is 0. The molecule has 0 aliphatic heterocycles. The fourth-order valence-corrected chi connectivity index (χ4v) is 3.92. The first-order valence-electron chi connectivity index (χ1n) is 7.66. The summed E-state index contributed by atoms with van der Waals surface area (Å²) in [4.78, 5) is 0. The Labute approximate surface area is 120 Å². The van der Waals surface area contributed by atoms with Crippen LogP contribution in [0.1, 0.15) is 40.7 Å². The summed E-state index contributed by atoms with van der Waals surface area (Å²) in [5.74, 6) is 0. The average Bonchev–Trinajstić information content (AvgIpc) is 3.04. The fourth-order valence-electron chi connectivity index (χ4n) is 3.92. The van der Waals surface area contributed by atoms with Gasteiger partial charge in [0, 0.05) is 6.42 Å². The van der Waals surface area contributed by atoms with Gasteiger partial charge in [0.25, 0.3) is 0 Å². The van der Waals surface area contributed by atoms with Crippen molar-refractivity contribution < 1.29 is 5.11 Å². The van der Waals surface area contributed by atoms with E-state index in [1.165, 1.54) is 41.5 Å². The zero-order valence-corrected chi connectivity index (χ0v) is 11.7. The molecule has 0 fully saturated rings. The first kappa shape index (κ1) is 12.2. The summed E-state index contributed by atoms with van der Waals surface area (Å²) in [6.07, 6.45) is 6.31. The van der Waals surface area contributed by atoms with Gasteiger partial charge in [0.1, 0.15) is 0 Å². The molecule has 102 valence electrons. The molecule has 2 aromatic carbocycles. The number of hydrogen-bond acceptors (Lipinski definition) is 1. The third kappa shape index (κ3) is 1.89. The molecule has 0 heterocycles. The Kier molecular flexibility index (Phi) is 2.71. The van der Waals surface area contributed by atoms with Crippen LogP contribution >= 0.6 is 0 Å². The Balaban J connectivity index is 1.66. The molecule has 0 radical (unpaired) electrons. The molecule has 0 saturated carbocycles. The smallest absolute Gasteiger partial charge is 0.0942 e. The molecule has 0 bridgehead atoms. The quantitative estimate of drug-likeness (QED) is 0.879. The van der Waals surface area contributed by atoms with Crippen molar-refractivity contribution in [1.29, 1.82) is 0 Å². The lowest BCUT2D eigenvalue weighted by Gasteiger charge is -2.24. The van der Waals surface area contributed by atoms with Crippen LogP contribution in [-0.4, -0.2) is 5.11 Å². The summed E-state index contributed by atoms with van der Waals surface area (Å²) in [6.45, 7) is 0. The molecule has 0 amide bonds. The lowest BCUT2D eigenvalue weighted by molar-refractivity contribution is 0.0389. The molecule has 1 nitrogen and oxygen atoms in total. The van der Waals surface area contributed by atoms with Gasteiger partial charge in [-0.3, -0.25) is 0 Å². The van der Waals surface area contributed by atoms with Crippen molar-refractivity contribution in [3.8, 4) is 0 Å². The summed E-state index contributed by atoms with van der Waals surface area (Å²) in [5, 5.41) is 11.0. The van der Waals surface area contributed by atoms with E-state index < -0.39 is 5.60 Å². The fraction of sp³-hybridized carbons (Fsp3) is 0.368. The van der Waals surface area contributed by atoms with Crippen molar-refractivity contribution in [2.24, 2.45) is 0 Å². The number of rotatable bonds is 2. The SMILES string of the molecule is OC1(Cc2ccc3c(c2)CCC3)CCc2ccccc21. The number of benzene rings is 2. The van der Waals surface area contributed by atoms with E-state index in [0.717, 1.165) is 24.8 Å². The van der Waals surface area contributed by atoms with Gasteiger partial charge < -0.3 is 5.11 Å². The molecular weight excluding hydrogens is 244 g/mol. The maximum Gasteiger partial charge on any atom is 0.0942 e. The summed E-state index contributed by atoms with van der Waals surface area (Å²) in [6, 6.07) is 15.1. The Morgan fingerprint density at radius 1 is 0.900 bits per heavy atom. The molecule has 2 aliphatic rings. The van der Waals surface area contributed by atoms with E-state index in [9.17, 15) is 5.11 Å². The van der Waals surface area contributed by atoms with Crippen molar-refractivity contribution in [2.45, 2.75) is 44.1 Å². The van der Waals surface area contributed by atoms with Crippen LogP contribution in [0.2, 0.25) is 0 Å². The van der Waals surface area contributed by atoms with Crippen LogP contribution in [0.4, 0.5) is 0 Å². The number of fused-ring (bicyclic) bond motifs is 2. The lowest BCUT2D eigenvalue weighted by atomic mass is 9.88. The van der Waals surface area contributed by atoms with Gasteiger partial charge in [-0.1, -0.05) is 42.5 Å². The number of aliphatic hydroxyl groups is 1. The molecule has 4 rings (SSSR count). The minimum absolute atomic E-state index is 0.663. The van der Waals surface area contributed by atoms with Gasteiger partial charge in [0.2, 0.25) is 0 Å². The molecule has 1 N–H and O–H groups in total. The zero-order valence-electron chi connectivity index (χ0n) is 11.7. The van der Waals surface area contributed by atoms with Crippen molar-refractivity contribution in [3.05, 3.63) is 70.3 Å². The van der Waals surface area contributed by atoms with Gasteiger partial charge in [-0.15, -0.1) is 0 Å². The molecule has 1 heteroatoms. The predicted octanol–water partition coefficient (Wildman–Crippen LogP) is 3.55. The Morgan fingerprint density at radius 2 is 1.75 bits per heavy atom. The van der Waals surface area contributed by atoms with E-state index in [4.69, 9.17) is 0 Å². The molecular formula is C19H20O. The Morgan fingerprint density at radius 3 is 2.70 bits per heavy atom. The predicted molar refractivity (Wildman–Crippen MR) is 80.8 cm³/mol. The van der Waals surface area contributed by atoms with Gasteiger partial charge in [0.05, 0.1) is 5.60 Å². The summed E-state index contributed by atoms with van der Waals surface area (Å²) in [5.41, 5.74) is 6.08. The van der Waals surface area contributed by atoms with E-state index >= 15 is 0 Å². The highest BCUT2D eigenvalue weighted by atomic mass is 16.3. The van der Waals surface area contributed by atoms with Crippen LogP contribution in [0.3, 0.4) is 0 Å². The van der Waals surface area contributed by atoms with Crippen LogP contribution < -0.4 is 0 Å². The van der Waals surface area contributed by atoms with Crippen molar-refractivity contribution in [1.82, 2.24) is 0 Å². The molecule has 2 aliphatic carbocycles. The standard InChI is InChI=1S/C19H20O/c20-19(11-10-16-4-1-2-7-18(16)19)13-14-8-9-15-5-3-6-17(15)12-14/h1-2,4,7-9,12,20H,3,5-6,10-11,13H2. The van der Waals surface area contributed by atoms with Crippen LogP contribution in [0.25, 0.3) is 0 Å². The van der Waals surface area contributed by atoms with Crippen LogP contribution in [0, 0.1) is 0 Å². The van der Waals surface area contributed by atoms with E-state index in [-0.39, 0.29) is 0 Å². The van der Waals surface area contributed by atoms with Crippen LogP contribution in [0.15, 0.2) is 42.5 Å². The van der Waals surface area contributed by atoms with E-state index in [0.29, 0.717) is 0 Å². The molecule has 2 aromatic rings. The zero-order chi connectivity index (χ0) is 13.6. The number of aryl methyl sites for hydroxylation is 3. The van der Waals surface area contributed by atoms with E-state index in [2.05, 4.69) is 36.4 Å². The first-order valence-corrected chi connectivity index (χ1v) is 7.66. The van der Waals surface area contributed by atoms with Crippen molar-refractivity contribution in [2.75, 3.05) is 0 Å². The van der Waals surface area contributed by atoms with E-state index in [1.54, 1.807) is 0 Å². The van der Waals surface area contributed by atoms with Crippen LogP contribution in [0.5, 0.6) is 0 Å². The van der Waals surface area contributed by atoms with Gasteiger partial charge in [-0.25, -0.2) is 0 Å². The number of hydrogen-bond donors (Lipinski definition) is 1. The molecule has 0 saturated heterocycles. The van der Waals surface area contributed by atoms with Crippen molar-refractivity contribution >= 4 is 0 Å². The molecule has 0 spiro atoms. The van der Waals surface area contributed by atoms with Gasteiger partial charge >= 0.3 is 0 Å². The largest absolute Gasteiger partial charge is 0.385 e. The molecule has 0 aromatic heterocycles. The normalized spacial score (nSPS) is 23.6. The molecule has 1 atom stereocenters. The minimum Gasteiger partial charge on any atom is -0.385 e. The maximum atomic E-state index is 11.0. The second-order valence-corrected chi connectivity index (χ2v) is 6.32.